The number of hydrogen-bond donors (Lipinski definition) is 1. The van der Waals surface area contributed by atoms with Crippen molar-refractivity contribution >= 4 is 43.7 Å². The Morgan fingerprint density at radius 2 is 1.96 bits per heavy atom. The summed E-state index contributed by atoms with van der Waals surface area (Å²) in [5.41, 5.74) is 1.80. The van der Waals surface area contributed by atoms with Crippen molar-refractivity contribution in [1.29, 1.82) is 0 Å². The largest absolute Gasteiger partial charge is 0.302 e. The number of anilines is 1. The van der Waals surface area contributed by atoms with Crippen LogP contribution < -0.4 is 5.32 Å². The summed E-state index contributed by atoms with van der Waals surface area (Å²) >= 11 is 2.57. The molecule has 1 fully saturated rings. The summed E-state index contributed by atoms with van der Waals surface area (Å²) in [5, 5.41) is 7.03. The van der Waals surface area contributed by atoms with E-state index in [1.165, 1.54) is 27.0 Å². The second kappa shape index (κ2) is 8.12. The number of amides is 1. The Bertz CT molecular complexity index is 1050. The average Bonchev–Trinajstić information content (AvgIpc) is 3.41. The molecule has 0 bridgehead atoms. The van der Waals surface area contributed by atoms with E-state index in [4.69, 9.17) is 0 Å². The molecule has 6 nitrogen and oxygen atoms in total. The number of rotatable bonds is 5. The lowest BCUT2D eigenvalue weighted by Crippen LogP contribution is -2.43. The minimum Gasteiger partial charge on any atom is -0.302 e. The SMILES string of the molecule is O=C(Nc1nc(-c2ccccc2)cs1)[C@@H]1CCCN(S(=O)(=O)c2cccs2)C1. The third-order valence-electron chi connectivity index (χ3n) is 4.65. The van der Waals surface area contributed by atoms with Crippen LogP contribution in [0, 0.1) is 5.92 Å². The summed E-state index contributed by atoms with van der Waals surface area (Å²) in [6.45, 7) is 0.641. The van der Waals surface area contributed by atoms with Crippen LogP contribution in [0.15, 0.2) is 57.4 Å². The van der Waals surface area contributed by atoms with Crippen molar-refractivity contribution in [3.05, 3.63) is 53.2 Å². The van der Waals surface area contributed by atoms with Gasteiger partial charge >= 0.3 is 0 Å². The Balaban J connectivity index is 1.43. The van der Waals surface area contributed by atoms with Crippen LogP contribution in [0.4, 0.5) is 5.13 Å². The first kappa shape index (κ1) is 19.3. The predicted octanol–water partition coefficient (Wildman–Crippen LogP) is 3.91. The maximum atomic E-state index is 12.7. The van der Waals surface area contributed by atoms with Gasteiger partial charge < -0.3 is 5.32 Å². The van der Waals surface area contributed by atoms with Crippen molar-refractivity contribution in [1.82, 2.24) is 9.29 Å². The van der Waals surface area contributed by atoms with Crippen LogP contribution in [0.5, 0.6) is 0 Å². The second-order valence-corrected chi connectivity index (χ2v) is 10.5. The summed E-state index contributed by atoms with van der Waals surface area (Å²) in [7, 11) is -3.53. The Kier molecular flexibility index (Phi) is 5.58. The highest BCUT2D eigenvalue weighted by Gasteiger charge is 2.34. The Morgan fingerprint density at radius 1 is 1.14 bits per heavy atom. The monoisotopic (exact) mass is 433 g/mol. The lowest BCUT2D eigenvalue weighted by atomic mass is 9.99. The van der Waals surface area contributed by atoms with Crippen LogP contribution in [-0.2, 0) is 14.8 Å². The van der Waals surface area contributed by atoms with Gasteiger partial charge in [-0.05, 0) is 24.3 Å². The topological polar surface area (TPSA) is 79.4 Å². The van der Waals surface area contributed by atoms with Crippen molar-refractivity contribution in [2.24, 2.45) is 5.92 Å². The van der Waals surface area contributed by atoms with Gasteiger partial charge in [-0.3, -0.25) is 4.79 Å². The van der Waals surface area contributed by atoms with E-state index in [-0.39, 0.29) is 18.4 Å². The molecule has 1 amide bonds. The molecule has 0 aliphatic carbocycles. The van der Waals surface area contributed by atoms with E-state index in [0.29, 0.717) is 28.7 Å². The van der Waals surface area contributed by atoms with E-state index < -0.39 is 10.0 Å². The summed E-state index contributed by atoms with van der Waals surface area (Å²) in [6.07, 6.45) is 1.33. The van der Waals surface area contributed by atoms with Gasteiger partial charge in [0.25, 0.3) is 10.0 Å². The molecule has 1 N–H and O–H groups in total. The molecule has 3 aromatic rings. The fourth-order valence-electron chi connectivity index (χ4n) is 3.19. The van der Waals surface area contributed by atoms with E-state index in [0.717, 1.165) is 11.3 Å². The summed E-state index contributed by atoms with van der Waals surface area (Å²) in [4.78, 5) is 17.2. The molecule has 0 radical (unpaired) electrons. The molecule has 1 aromatic carbocycles. The summed E-state index contributed by atoms with van der Waals surface area (Å²) in [6, 6.07) is 13.1. The van der Waals surface area contributed by atoms with Crippen molar-refractivity contribution in [2.45, 2.75) is 17.1 Å². The molecule has 0 saturated carbocycles. The normalized spacial score (nSPS) is 18.1. The standard InChI is InChI=1S/C19H19N3O3S3/c23-18(21-19-20-16(13-27-19)14-6-2-1-3-7-14)15-8-4-10-22(12-15)28(24,25)17-9-5-11-26-17/h1-3,5-7,9,11,13,15H,4,8,10,12H2,(H,20,21,23)/t15-/m1/s1. The minimum absolute atomic E-state index is 0.181. The molecule has 1 aliphatic rings. The quantitative estimate of drug-likeness (QED) is 0.662. The number of nitrogens with one attached hydrogen (secondary N) is 1. The first-order valence-electron chi connectivity index (χ1n) is 8.89. The van der Waals surface area contributed by atoms with Crippen LogP contribution in [0.25, 0.3) is 11.3 Å². The number of carbonyl (C=O) groups is 1. The molecule has 1 atom stereocenters. The zero-order chi connectivity index (χ0) is 19.6. The lowest BCUT2D eigenvalue weighted by molar-refractivity contribution is -0.120. The van der Waals surface area contributed by atoms with E-state index in [9.17, 15) is 13.2 Å². The Hall–Kier alpha value is -2.07. The van der Waals surface area contributed by atoms with Gasteiger partial charge in [0, 0.05) is 24.0 Å². The molecule has 9 heteroatoms. The zero-order valence-corrected chi connectivity index (χ0v) is 17.4. The molecule has 146 valence electrons. The number of aromatic nitrogens is 1. The van der Waals surface area contributed by atoms with Gasteiger partial charge in [0.15, 0.2) is 5.13 Å². The second-order valence-electron chi connectivity index (χ2n) is 6.53. The highest BCUT2D eigenvalue weighted by molar-refractivity contribution is 7.91. The number of piperidine rings is 1. The van der Waals surface area contributed by atoms with Gasteiger partial charge in [0.1, 0.15) is 4.21 Å². The smallest absolute Gasteiger partial charge is 0.252 e. The van der Waals surface area contributed by atoms with Gasteiger partial charge in [-0.2, -0.15) is 4.31 Å². The molecule has 4 rings (SSSR count). The van der Waals surface area contributed by atoms with Gasteiger partial charge in [0.05, 0.1) is 11.6 Å². The molecule has 0 unspecified atom stereocenters. The maximum absolute atomic E-state index is 12.7. The van der Waals surface area contributed by atoms with Crippen molar-refractivity contribution in [3.63, 3.8) is 0 Å². The molecular formula is C19H19N3O3S3. The number of hydrogen-bond acceptors (Lipinski definition) is 6. The van der Waals surface area contributed by atoms with Crippen LogP contribution in [0.2, 0.25) is 0 Å². The third-order valence-corrected chi connectivity index (χ3v) is 8.64. The van der Waals surface area contributed by atoms with E-state index in [1.54, 1.807) is 17.5 Å². The number of benzene rings is 1. The van der Waals surface area contributed by atoms with E-state index >= 15 is 0 Å². The van der Waals surface area contributed by atoms with E-state index in [2.05, 4.69) is 10.3 Å². The van der Waals surface area contributed by atoms with Crippen molar-refractivity contribution in [2.75, 3.05) is 18.4 Å². The molecular weight excluding hydrogens is 414 g/mol. The van der Waals surface area contributed by atoms with Gasteiger partial charge in [-0.1, -0.05) is 36.4 Å². The van der Waals surface area contributed by atoms with Crippen LogP contribution >= 0.6 is 22.7 Å². The zero-order valence-electron chi connectivity index (χ0n) is 14.9. The first-order chi connectivity index (χ1) is 13.5. The molecule has 28 heavy (non-hydrogen) atoms. The fraction of sp³-hybridized carbons (Fsp3) is 0.263. The Labute approximate surface area is 171 Å². The number of carbonyl (C=O) groups excluding carboxylic acids is 1. The van der Waals surface area contributed by atoms with Crippen molar-refractivity contribution < 1.29 is 13.2 Å². The summed E-state index contributed by atoms with van der Waals surface area (Å²) in [5.74, 6) is -0.562. The molecule has 0 spiro atoms. The van der Waals surface area contributed by atoms with Gasteiger partial charge in [-0.15, -0.1) is 22.7 Å². The highest BCUT2D eigenvalue weighted by atomic mass is 32.2. The number of thiazole rings is 1. The average molecular weight is 434 g/mol. The predicted molar refractivity (Wildman–Crippen MR) is 112 cm³/mol. The molecule has 1 saturated heterocycles. The number of nitrogens with zero attached hydrogens (tertiary/aromatic N) is 2. The molecule has 3 heterocycles. The molecule has 1 aliphatic heterocycles. The first-order valence-corrected chi connectivity index (χ1v) is 12.1. The summed E-state index contributed by atoms with van der Waals surface area (Å²) < 4.78 is 27.2. The minimum atomic E-state index is -3.53. The maximum Gasteiger partial charge on any atom is 0.252 e. The molecule has 2 aromatic heterocycles. The van der Waals surface area contributed by atoms with Crippen LogP contribution in [-0.4, -0.2) is 36.7 Å². The van der Waals surface area contributed by atoms with Gasteiger partial charge in [-0.25, -0.2) is 13.4 Å². The number of thiophene rings is 1. The fourth-order valence-corrected chi connectivity index (χ4v) is 6.58. The third kappa shape index (κ3) is 4.02. The highest BCUT2D eigenvalue weighted by Crippen LogP contribution is 2.28. The van der Waals surface area contributed by atoms with E-state index in [1.807, 2.05) is 35.7 Å². The number of sulfonamides is 1. The van der Waals surface area contributed by atoms with Gasteiger partial charge in [0.2, 0.25) is 5.91 Å². The van der Waals surface area contributed by atoms with Crippen LogP contribution in [0.1, 0.15) is 12.8 Å². The van der Waals surface area contributed by atoms with Crippen molar-refractivity contribution in [3.8, 4) is 11.3 Å². The lowest BCUT2D eigenvalue weighted by Gasteiger charge is -2.30. The van der Waals surface area contributed by atoms with Crippen LogP contribution in [0.3, 0.4) is 0 Å². The Morgan fingerprint density at radius 3 is 2.71 bits per heavy atom.